The molecule has 2 N–H and O–H groups in total. The molecule has 0 fully saturated rings. The van der Waals surface area contributed by atoms with Gasteiger partial charge in [0.1, 0.15) is 17.1 Å². The third-order valence-electron chi connectivity index (χ3n) is 6.07. The maximum Gasteiger partial charge on any atom is 0.190 e. The fourth-order valence-electron chi connectivity index (χ4n) is 5.13. The molecule has 0 radical (unpaired) electrons. The van der Waals surface area contributed by atoms with Crippen LogP contribution < -0.4 is 4.57 Å². The van der Waals surface area contributed by atoms with Gasteiger partial charge in [-0.1, -0.05) is 30.3 Å². The second-order valence-electron chi connectivity index (χ2n) is 7.16. The molecule has 5 heteroatoms. The van der Waals surface area contributed by atoms with Gasteiger partial charge in [0.15, 0.2) is 17.9 Å². The summed E-state index contributed by atoms with van der Waals surface area (Å²) in [6.45, 7) is 0. The molecule has 7 rings (SSSR count). The van der Waals surface area contributed by atoms with Crippen LogP contribution in [-0.2, 0) is 5.41 Å². The molecule has 3 aliphatic rings. The summed E-state index contributed by atoms with van der Waals surface area (Å²) in [5.41, 5.74) is 3.78. The van der Waals surface area contributed by atoms with Crippen molar-refractivity contribution in [2.45, 2.75) is 23.8 Å². The lowest BCUT2D eigenvalue weighted by molar-refractivity contribution is -0.732. The Balaban J connectivity index is 1.73. The van der Waals surface area contributed by atoms with Crippen molar-refractivity contribution >= 4 is 0 Å². The lowest BCUT2D eigenvalue weighted by atomic mass is 9.57. The average Bonchev–Trinajstić information content (AvgIpc) is 3.42. The Morgan fingerprint density at radius 3 is 2.27 bits per heavy atom. The van der Waals surface area contributed by atoms with Gasteiger partial charge in [0.2, 0.25) is 0 Å². The molecule has 0 spiro atoms. The highest BCUT2D eigenvalue weighted by atomic mass is 15.1. The molecular formula is C21H18N5+. The lowest BCUT2D eigenvalue weighted by Crippen LogP contribution is -2.60. The Kier molecular flexibility index (Phi) is 2.65. The highest BCUT2D eigenvalue weighted by Crippen LogP contribution is 2.57. The Hall–Kier alpha value is -3.21. The van der Waals surface area contributed by atoms with E-state index in [9.17, 15) is 0 Å². The van der Waals surface area contributed by atoms with E-state index in [4.69, 9.17) is 9.97 Å². The molecule has 2 bridgehead atoms. The number of H-pyrrole nitrogens is 2. The van der Waals surface area contributed by atoms with Crippen molar-refractivity contribution in [3.63, 3.8) is 0 Å². The molecule has 126 valence electrons. The molecule has 0 saturated carbocycles. The summed E-state index contributed by atoms with van der Waals surface area (Å²) in [7, 11) is 0. The molecule has 5 nitrogen and oxygen atoms in total. The number of benzene rings is 1. The number of nitrogens with zero attached hydrogens (tertiary/aromatic N) is 3. The zero-order chi connectivity index (χ0) is 17.1. The van der Waals surface area contributed by atoms with Crippen molar-refractivity contribution in [1.29, 1.82) is 0 Å². The number of fused-ring (bicyclic) bond motifs is 1. The van der Waals surface area contributed by atoms with Crippen LogP contribution in [0.15, 0.2) is 73.4 Å². The van der Waals surface area contributed by atoms with Crippen molar-refractivity contribution in [2.75, 3.05) is 0 Å². The monoisotopic (exact) mass is 340 g/mol. The van der Waals surface area contributed by atoms with Crippen molar-refractivity contribution in [1.82, 2.24) is 19.9 Å². The molecule has 1 aromatic carbocycles. The van der Waals surface area contributed by atoms with Crippen LogP contribution in [0.4, 0.5) is 0 Å². The van der Waals surface area contributed by atoms with Crippen molar-refractivity contribution in [3.05, 3.63) is 102 Å². The van der Waals surface area contributed by atoms with Crippen LogP contribution in [-0.4, -0.2) is 19.9 Å². The Bertz CT molecular complexity index is 1000. The predicted molar refractivity (Wildman–Crippen MR) is 95.6 cm³/mol. The summed E-state index contributed by atoms with van der Waals surface area (Å²) in [6.07, 6.45) is 10.6. The highest BCUT2D eigenvalue weighted by Gasteiger charge is 2.61. The van der Waals surface area contributed by atoms with Gasteiger partial charge in [-0.05, 0) is 5.56 Å². The first-order valence-corrected chi connectivity index (χ1v) is 8.98. The van der Waals surface area contributed by atoms with Gasteiger partial charge in [-0.25, -0.2) is 9.97 Å². The third-order valence-corrected chi connectivity index (χ3v) is 6.07. The summed E-state index contributed by atoms with van der Waals surface area (Å²) in [5, 5.41) is 0. The van der Waals surface area contributed by atoms with Crippen LogP contribution in [0.25, 0.3) is 0 Å². The topological polar surface area (TPSA) is 61.2 Å². The van der Waals surface area contributed by atoms with E-state index in [1.54, 1.807) is 0 Å². The van der Waals surface area contributed by atoms with Crippen LogP contribution in [0.5, 0.6) is 0 Å². The van der Waals surface area contributed by atoms with Crippen molar-refractivity contribution < 1.29 is 4.57 Å². The normalized spacial score (nSPS) is 22.0. The zero-order valence-electron chi connectivity index (χ0n) is 14.1. The van der Waals surface area contributed by atoms with Gasteiger partial charge >= 0.3 is 0 Å². The van der Waals surface area contributed by atoms with Gasteiger partial charge in [0.25, 0.3) is 0 Å². The van der Waals surface area contributed by atoms with Crippen molar-refractivity contribution in [3.8, 4) is 0 Å². The second kappa shape index (κ2) is 4.91. The standard InChI is InChI=1S/C21H18N5/c1-2-6-15-14(5-1)17-13-21(19-22-8-9-23-19,20-24-10-11-25-20)18(15)16-7-3-4-12-26(16)17/h1-12,17-18H,13H2,(H,22,23)(H,24,25)/q+1/t17-,18+/m1/s1. The SMILES string of the molecule is c1ccc2c(c1)[C@H]1c3cccc[n+]3[C@@H]2CC1(c1ncc[nH]1)c1ncc[nH]1. The van der Waals surface area contributed by atoms with Crippen LogP contribution in [0, 0.1) is 0 Å². The van der Waals surface area contributed by atoms with Gasteiger partial charge in [0.05, 0.1) is 5.92 Å². The minimum Gasteiger partial charge on any atom is -0.348 e. The summed E-state index contributed by atoms with van der Waals surface area (Å²) in [6, 6.07) is 15.6. The highest BCUT2D eigenvalue weighted by molar-refractivity contribution is 5.50. The Morgan fingerprint density at radius 1 is 0.885 bits per heavy atom. The van der Waals surface area contributed by atoms with E-state index in [-0.39, 0.29) is 17.4 Å². The zero-order valence-corrected chi connectivity index (χ0v) is 14.1. The second-order valence-corrected chi connectivity index (χ2v) is 7.16. The molecular weight excluding hydrogens is 322 g/mol. The molecule has 26 heavy (non-hydrogen) atoms. The third kappa shape index (κ3) is 1.58. The van der Waals surface area contributed by atoms with E-state index in [2.05, 4.69) is 63.2 Å². The van der Waals surface area contributed by atoms with E-state index in [0.717, 1.165) is 18.1 Å². The first kappa shape index (κ1) is 14.0. The molecule has 1 aliphatic carbocycles. The number of hydrogen-bond acceptors (Lipinski definition) is 2. The Morgan fingerprint density at radius 2 is 1.58 bits per heavy atom. The number of aromatic nitrogens is 5. The summed E-state index contributed by atoms with van der Waals surface area (Å²) in [5.74, 6) is 2.11. The number of aromatic amines is 2. The maximum absolute atomic E-state index is 4.71. The number of imidazole rings is 2. The van der Waals surface area contributed by atoms with E-state index < -0.39 is 0 Å². The van der Waals surface area contributed by atoms with Crippen LogP contribution in [0.2, 0.25) is 0 Å². The van der Waals surface area contributed by atoms with Gasteiger partial charge in [-0.15, -0.1) is 0 Å². The maximum atomic E-state index is 4.71. The summed E-state index contributed by atoms with van der Waals surface area (Å²) < 4.78 is 2.43. The fraction of sp³-hybridized carbons (Fsp3) is 0.190. The summed E-state index contributed by atoms with van der Waals surface area (Å²) in [4.78, 5) is 16.2. The molecule has 0 unspecified atom stereocenters. The first-order valence-electron chi connectivity index (χ1n) is 8.98. The van der Waals surface area contributed by atoms with Gasteiger partial charge < -0.3 is 9.97 Å². The van der Waals surface area contributed by atoms with E-state index in [1.807, 2.05) is 24.8 Å². The number of hydrogen-bond donors (Lipinski definition) is 2. The number of pyridine rings is 1. The lowest BCUT2D eigenvalue weighted by Gasteiger charge is -2.46. The number of rotatable bonds is 2. The molecule has 2 aliphatic heterocycles. The van der Waals surface area contributed by atoms with Gasteiger partial charge in [-0.2, -0.15) is 4.57 Å². The molecule has 2 atom stereocenters. The summed E-state index contributed by atoms with van der Waals surface area (Å²) >= 11 is 0. The van der Waals surface area contributed by atoms with Crippen LogP contribution >= 0.6 is 0 Å². The van der Waals surface area contributed by atoms with Crippen LogP contribution in [0.3, 0.4) is 0 Å². The van der Waals surface area contributed by atoms with Crippen molar-refractivity contribution in [2.24, 2.45) is 0 Å². The molecule has 0 amide bonds. The quantitative estimate of drug-likeness (QED) is 0.551. The fourth-order valence-corrected chi connectivity index (χ4v) is 5.13. The molecule has 4 aromatic rings. The Labute approximate surface area is 150 Å². The largest absolute Gasteiger partial charge is 0.348 e. The van der Waals surface area contributed by atoms with E-state index in [0.29, 0.717) is 0 Å². The first-order chi connectivity index (χ1) is 12.9. The van der Waals surface area contributed by atoms with Gasteiger partial charge in [-0.3, -0.25) is 0 Å². The minimum atomic E-state index is -0.326. The molecule has 5 heterocycles. The van der Waals surface area contributed by atoms with E-state index in [1.165, 1.54) is 16.8 Å². The minimum absolute atomic E-state index is 0.155. The van der Waals surface area contributed by atoms with Crippen LogP contribution in [0.1, 0.15) is 46.9 Å². The predicted octanol–water partition coefficient (Wildman–Crippen LogP) is 2.84. The van der Waals surface area contributed by atoms with E-state index >= 15 is 0 Å². The van der Waals surface area contributed by atoms with Gasteiger partial charge in [0, 0.05) is 48.9 Å². The average molecular weight is 340 g/mol. The molecule has 3 aromatic heterocycles. The number of nitrogens with one attached hydrogen (secondary N) is 2. The molecule has 0 saturated heterocycles. The smallest absolute Gasteiger partial charge is 0.190 e.